The molecule has 1 saturated carbocycles. The average Bonchev–Trinajstić information content (AvgIpc) is 1.97. The van der Waals surface area contributed by atoms with Crippen molar-refractivity contribution in [2.24, 2.45) is 11.3 Å². The minimum absolute atomic E-state index is 0.0272. The number of hydrogen-bond donors (Lipinski definition) is 0. The van der Waals surface area contributed by atoms with Crippen molar-refractivity contribution < 1.29 is 12.6 Å². The number of rotatable bonds is 3. The van der Waals surface area contributed by atoms with Gasteiger partial charge < -0.3 is 0 Å². The van der Waals surface area contributed by atoms with Gasteiger partial charge >= 0.3 is 0 Å². The Morgan fingerprint density at radius 1 is 1.31 bits per heavy atom. The first-order valence-electron chi connectivity index (χ1n) is 5.58. The van der Waals surface area contributed by atoms with Crippen LogP contribution in [-0.2, 0) is 14.3 Å². The third-order valence-corrected chi connectivity index (χ3v) is 4.62. The predicted octanol–water partition coefficient (Wildman–Crippen LogP) is 2.79. The van der Waals surface area contributed by atoms with E-state index in [1.807, 2.05) is 6.92 Å². The van der Waals surface area contributed by atoms with Crippen LogP contribution >= 0.6 is 11.6 Å². The molecule has 0 N–H and O–H groups in total. The summed E-state index contributed by atoms with van der Waals surface area (Å²) in [7, 11) is -3.38. The summed E-state index contributed by atoms with van der Waals surface area (Å²) >= 11 is 6.48. The van der Waals surface area contributed by atoms with Gasteiger partial charge in [-0.05, 0) is 25.2 Å². The van der Waals surface area contributed by atoms with Crippen LogP contribution < -0.4 is 0 Å². The molecule has 0 aromatic rings. The van der Waals surface area contributed by atoms with E-state index < -0.39 is 10.1 Å². The van der Waals surface area contributed by atoms with E-state index in [0.717, 1.165) is 25.5 Å². The lowest BCUT2D eigenvalue weighted by Gasteiger charge is -2.47. The Morgan fingerprint density at radius 3 is 2.31 bits per heavy atom. The normalized spacial score (nSPS) is 34.9. The highest BCUT2D eigenvalue weighted by molar-refractivity contribution is 7.85. The van der Waals surface area contributed by atoms with Crippen molar-refractivity contribution in [3.05, 3.63) is 0 Å². The second-order valence-electron chi connectivity index (χ2n) is 5.66. The molecule has 16 heavy (non-hydrogen) atoms. The molecule has 0 bridgehead atoms. The lowest BCUT2D eigenvalue weighted by Crippen LogP contribution is -2.46. The van der Waals surface area contributed by atoms with Crippen LogP contribution in [0.25, 0.3) is 0 Å². The Morgan fingerprint density at radius 2 is 1.88 bits per heavy atom. The summed E-state index contributed by atoms with van der Waals surface area (Å²) in [4.78, 5) is -0.369. The molecule has 1 aliphatic carbocycles. The van der Waals surface area contributed by atoms with E-state index in [0.29, 0.717) is 0 Å². The summed E-state index contributed by atoms with van der Waals surface area (Å²) in [6.45, 7) is 6.42. The molecule has 2 atom stereocenters. The summed E-state index contributed by atoms with van der Waals surface area (Å²) in [6, 6.07) is 0. The van der Waals surface area contributed by atoms with Crippen molar-refractivity contribution in [1.29, 1.82) is 0 Å². The summed E-state index contributed by atoms with van der Waals surface area (Å²) in [6.07, 6.45) is 4.14. The van der Waals surface area contributed by atoms with Crippen LogP contribution in [0, 0.1) is 11.3 Å². The van der Waals surface area contributed by atoms with Crippen LogP contribution in [0.4, 0.5) is 0 Å². The van der Waals surface area contributed by atoms with Gasteiger partial charge in [0.25, 0.3) is 10.1 Å². The molecular weight excluding hydrogens is 248 g/mol. The highest BCUT2D eigenvalue weighted by atomic mass is 35.5. The van der Waals surface area contributed by atoms with Crippen molar-refractivity contribution in [1.82, 2.24) is 0 Å². The first-order chi connectivity index (χ1) is 7.05. The highest BCUT2D eigenvalue weighted by Crippen LogP contribution is 2.49. The predicted molar refractivity (Wildman–Crippen MR) is 66.2 cm³/mol. The Labute approximate surface area is 104 Å². The number of halogens is 1. The van der Waals surface area contributed by atoms with Gasteiger partial charge in [-0.15, -0.1) is 11.6 Å². The minimum Gasteiger partial charge on any atom is -0.270 e. The van der Waals surface area contributed by atoms with Crippen LogP contribution in [0.3, 0.4) is 0 Å². The van der Waals surface area contributed by atoms with E-state index in [4.69, 9.17) is 15.8 Å². The van der Waals surface area contributed by atoms with Crippen molar-refractivity contribution in [2.75, 3.05) is 12.9 Å². The maximum atomic E-state index is 11.0. The molecule has 0 aliphatic heterocycles. The van der Waals surface area contributed by atoms with Gasteiger partial charge in [0.1, 0.15) is 0 Å². The van der Waals surface area contributed by atoms with Crippen molar-refractivity contribution in [3.63, 3.8) is 0 Å². The minimum atomic E-state index is -3.38. The summed E-state index contributed by atoms with van der Waals surface area (Å²) in [5.41, 5.74) is 0.0272. The Bertz CT molecular complexity index is 330. The van der Waals surface area contributed by atoms with Gasteiger partial charge in [-0.2, -0.15) is 8.42 Å². The van der Waals surface area contributed by atoms with Crippen molar-refractivity contribution in [3.8, 4) is 0 Å². The summed E-state index contributed by atoms with van der Waals surface area (Å²) in [5, 5.41) is 0. The zero-order chi connectivity index (χ0) is 12.6. The molecule has 0 aromatic heterocycles. The largest absolute Gasteiger partial charge is 0.270 e. The second-order valence-corrected chi connectivity index (χ2v) is 8.17. The van der Waals surface area contributed by atoms with Gasteiger partial charge in [-0.25, -0.2) is 0 Å². The van der Waals surface area contributed by atoms with E-state index >= 15 is 0 Å². The first-order valence-corrected chi connectivity index (χ1v) is 7.77. The molecule has 0 aromatic carbocycles. The van der Waals surface area contributed by atoms with Crippen LogP contribution in [0.2, 0.25) is 0 Å². The molecular formula is C11H21ClO3S. The van der Waals surface area contributed by atoms with E-state index in [2.05, 4.69) is 13.8 Å². The Kier molecular flexibility index (Phi) is 3.98. The van der Waals surface area contributed by atoms with Gasteiger partial charge in [0.15, 0.2) is 0 Å². The van der Waals surface area contributed by atoms with Gasteiger partial charge in [-0.3, -0.25) is 4.18 Å². The molecule has 3 nitrogen and oxygen atoms in total. The van der Waals surface area contributed by atoms with Crippen molar-refractivity contribution in [2.45, 2.75) is 44.9 Å². The van der Waals surface area contributed by atoms with Crippen LogP contribution in [0.15, 0.2) is 0 Å². The third kappa shape index (κ3) is 3.60. The molecule has 5 heteroatoms. The third-order valence-electron chi connectivity index (χ3n) is 3.61. The maximum absolute atomic E-state index is 11.0. The molecule has 0 heterocycles. The second kappa shape index (κ2) is 4.46. The fourth-order valence-electron chi connectivity index (χ4n) is 2.64. The zero-order valence-corrected chi connectivity index (χ0v) is 12.0. The molecule has 0 spiro atoms. The lowest BCUT2D eigenvalue weighted by molar-refractivity contribution is 0.0575. The SMILES string of the molecule is CC1(C)CCCC(C)(Cl)C1COS(C)(=O)=O. The smallest absolute Gasteiger partial charge is 0.264 e. The monoisotopic (exact) mass is 268 g/mol. The van der Waals surface area contributed by atoms with Crippen LogP contribution in [-0.4, -0.2) is 26.2 Å². The standard InChI is InChI=1S/C11H21ClO3S/c1-10(2)6-5-7-11(3,12)9(10)8-15-16(4,13)14/h9H,5-8H2,1-4H3. The van der Waals surface area contributed by atoms with E-state index in [1.54, 1.807) is 0 Å². The summed E-state index contributed by atoms with van der Waals surface area (Å²) < 4.78 is 27.0. The summed E-state index contributed by atoms with van der Waals surface area (Å²) in [5.74, 6) is 0.0603. The highest BCUT2D eigenvalue weighted by Gasteiger charge is 2.45. The van der Waals surface area contributed by atoms with Gasteiger partial charge in [0.05, 0.1) is 12.9 Å². The zero-order valence-electron chi connectivity index (χ0n) is 10.4. The van der Waals surface area contributed by atoms with Crippen LogP contribution in [0.5, 0.6) is 0 Å². The van der Waals surface area contributed by atoms with Gasteiger partial charge in [0, 0.05) is 10.8 Å². The average molecular weight is 269 g/mol. The van der Waals surface area contributed by atoms with Gasteiger partial charge in [-0.1, -0.05) is 20.3 Å². The molecule has 1 fully saturated rings. The Hall–Kier alpha value is 0.200. The maximum Gasteiger partial charge on any atom is 0.264 e. The molecule has 1 aliphatic rings. The molecule has 0 radical (unpaired) electrons. The lowest BCUT2D eigenvalue weighted by atomic mass is 9.64. The van der Waals surface area contributed by atoms with E-state index in [1.165, 1.54) is 0 Å². The number of alkyl halides is 1. The molecule has 0 saturated heterocycles. The fourth-order valence-corrected chi connectivity index (χ4v) is 3.52. The fraction of sp³-hybridized carbons (Fsp3) is 1.00. The molecule has 0 amide bonds. The molecule has 2 unspecified atom stereocenters. The first kappa shape index (κ1) is 14.3. The quantitative estimate of drug-likeness (QED) is 0.584. The van der Waals surface area contributed by atoms with Gasteiger partial charge in [0.2, 0.25) is 0 Å². The molecule has 1 rings (SSSR count). The number of hydrogen-bond acceptors (Lipinski definition) is 3. The van der Waals surface area contributed by atoms with Crippen LogP contribution in [0.1, 0.15) is 40.0 Å². The van der Waals surface area contributed by atoms with Crippen molar-refractivity contribution >= 4 is 21.7 Å². The van der Waals surface area contributed by atoms with E-state index in [9.17, 15) is 8.42 Å². The molecule has 96 valence electrons. The topological polar surface area (TPSA) is 43.4 Å². The van der Waals surface area contributed by atoms with E-state index in [-0.39, 0.29) is 22.8 Å². The Balaban J connectivity index is 2.79.